The van der Waals surface area contributed by atoms with Crippen LogP contribution in [-0.2, 0) is 19.1 Å². The molecule has 0 N–H and O–H groups in total. The van der Waals surface area contributed by atoms with Gasteiger partial charge in [-0.05, 0) is 91.8 Å². The van der Waals surface area contributed by atoms with E-state index in [1.807, 2.05) is 11.9 Å². The highest BCUT2D eigenvalue weighted by Gasteiger charge is 2.82. The molecule has 5 aliphatic carbocycles. The van der Waals surface area contributed by atoms with Crippen LogP contribution in [0.5, 0.6) is 0 Å². The molecule has 5 fully saturated rings. The summed E-state index contributed by atoms with van der Waals surface area (Å²) in [6.45, 7) is 14.1. The zero-order chi connectivity index (χ0) is 24.1. The van der Waals surface area contributed by atoms with Gasteiger partial charge in [-0.25, -0.2) is 0 Å². The molecule has 33 heavy (non-hydrogen) atoms. The standard InChI is InChI=1S/C28H41NO4/c1-16-20-8-9-23-26(6)14-22(33-19(4)32)24(17(2)30)25(26,5)12-13-28(23)15-27(20,28)11-10-21(16)29(7)18(3)31/h20-24H,1,8-15H2,2-7H3/t20-,21-,22+,23-,24-,25+,26-,27+,28-/m0/s1. The van der Waals surface area contributed by atoms with Crippen LogP contribution in [0.15, 0.2) is 12.2 Å². The molecule has 0 aromatic heterocycles. The summed E-state index contributed by atoms with van der Waals surface area (Å²) in [5, 5.41) is 0. The summed E-state index contributed by atoms with van der Waals surface area (Å²) < 4.78 is 5.81. The van der Waals surface area contributed by atoms with Crippen LogP contribution in [-0.4, -0.2) is 41.8 Å². The molecule has 5 rings (SSSR count). The molecule has 182 valence electrons. The zero-order valence-electron chi connectivity index (χ0n) is 21.3. The lowest BCUT2D eigenvalue weighted by molar-refractivity contribution is -0.152. The smallest absolute Gasteiger partial charge is 0.302 e. The first kappa shape index (κ1) is 23.1. The first-order valence-corrected chi connectivity index (χ1v) is 12.9. The molecule has 0 aromatic carbocycles. The van der Waals surface area contributed by atoms with E-state index in [0.717, 1.165) is 38.5 Å². The maximum atomic E-state index is 12.9. The van der Waals surface area contributed by atoms with Crippen LogP contribution < -0.4 is 0 Å². The number of rotatable bonds is 3. The fourth-order valence-corrected chi connectivity index (χ4v) is 10.3. The minimum absolute atomic E-state index is 0.00939. The highest BCUT2D eigenvalue weighted by atomic mass is 16.5. The van der Waals surface area contributed by atoms with Gasteiger partial charge in [0.2, 0.25) is 5.91 Å². The third-order valence-corrected chi connectivity index (χ3v) is 11.9. The summed E-state index contributed by atoms with van der Waals surface area (Å²) in [7, 11) is 1.92. The Bertz CT molecular complexity index is 942. The lowest BCUT2D eigenvalue weighted by atomic mass is 9.43. The average Bonchev–Trinajstić information content (AvgIpc) is 3.31. The molecule has 0 heterocycles. The average molecular weight is 456 g/mol. The summed E-state index contributed by atoms with van der Waals surface area (Å²) in [6, 6.07) is 0.165. The van der Waals surface area contributed by atoms with E-state index in [2.05, 4.69) is 20.4 Å². The van der Waals surface area contributed by atoms with E-state index >= 15 is 0 Å². The molecule has 0 aromatic rings. The third kappa shape index (κ3) is 2.68. The molecule has 1 amide bonds. The zero-order valence-corrected chi connectivity index (χ0v) is 21.3. The monoisotopic (exact) mass is 455 g/mol. The Hall–Kier alpha value is -1.65. The Balaban J connectivity index is 1.48. The molecule has 2 spiro atoms. The molecule has 5 nitrogen and oxygen atoms in total. The van der Waals surface area contributed by atoms with Gasteiger partial charge < -0.3 is 9.64 Å². The minimum atomic E-state index is -0.299. The molecule has 0 unspecified atom stereocenters. The summed E-state index contributed by atoms with van der Waals surface area (Å²) in [4.78, 5) is 38.8. The van der Waals surface area contributed by atoms with E-state index in [9.17, 15) is 14.4 Å². The molecular weight excluding hydrogens is 414 g/mol. The van der Waals surface area contributed by atoms with Gasteiger partial charge in [0.1, 0.15) is 11.9 Å². The maximum absolute atomic E-state index is 12.9. The van der Waals surface area contributed by atoms with Crippen molar-refractivity contribution in [1.82, 2.24) is 4.90 Å². The van der Waals surface area contributed by atoms with E-state index in [0.29, 0.717) is 22.7 Å². The van der Waals surface area contributed by atoms with Gasteiger partial charge in [-0.3, -0.25) is 14.4 Å². The summed E-state index contributed by atoms with van der Waals surface area (Å²) in [5.74, 6) is 0.862. The van der Waals surface area contributed by atoms with E-state index in [4.69, 9.17) is 4.74 Å². The quantitative estimate of drug-likeness (QED) is 0.447. The number of nitrogens with zero attached hydrogens (tertiary/aromatic N) is 1. The maximum Gasteiger partial charge on any atom is 0.302 e. The van der Waals surface area contributed by atoms with Crippen LogP contribution >= 0.6 is 0 Å². The fourth-order valence-electron chi connectivity index (χ4n) is 10.3. The van der Waals surface area contributed by atoms with Crippen molar-refractivity contribution in [2.45, 2.75) is 98.1 Å². The summed E-state index contributed by atoms with van der Waals surface area (Å²) in [5.41, 5.74) is 1.77. The second-order valence-corrected chi connectivity index (χ2v) is 12.7. The normalized spacial score (nSPS) is 49.8. The first-order valence-electron chi connectivity index (χ1n) is 12.9. The fraction of sp³-hybridized carbons (Fsp3) is 0.821. The van der Waals surface area contributed by atoms with Crippen molar-refractivity contribution in [1.29, 1.82) is 0 Å². The van der Waals surface area contributed by atoms with Gasteiger partial charge in [0, 0.05) is 20.9 Å². The van der Waals surface area contributed by atoms with Crippen molar-refractivity contribution >= 4 is 17.7 Å². The van der Waals surface area contributed by atoms with Crippen LogP contribution in [0.2, 0.25) is 0 Å². The number of hydrogen-bond donors (Lipinski definition) is 0. The Kier molecular flexibility index (Phi) is 4.86. The van der Waals surface area contributed by atoms with Crippen molar-refractivity contribution in [3.05, 3.63) is 12.2 Å². The Morgan fingerprint density at radius 1 is 0.970 bits per heavy atom. The Labute approximate surface area is 198 Å². The van der Waals surface area contributed by atoms with Crippen molar-refractivity contribution in [2.75, 3.05) is 7.05 Å². The Morgan fingerprint density at radius 3 is 2.27 bits per heavy atom. The number of fused-ring (bicyclic) bond motifs is 2. The second-order valence-electron chi connectivity index (χ2n) is 12.7. The second kappa shape index (κ2) is 6.95. The molecule has 5 heteroatoms. The molecule has 9 atom stereocenters. The predicted octanol–water partition coefficient (Wildman–Crippen LogP) is 4.93. The van der Waals surface area contributed by atoms with E-state index in [-0.39, 0.29) is 46.6 Å². The number of esters is 1. The van der Waals surface area contributed by atoms with Crippen LogP contribution in [0.1, 0.15) is 86.0 Å². The number of Topliss-reactive ketones (excluding diaryl/α,β-unsaturated/α-hetero) is 1. The minimum Gasteiger partial charge on any atom is -0.462 e. The van der Waals surface area contributed by atoms with E-state index in [1.54, 1.807) is 13.8 Å². The number of carbonyl (C=O) groups excluding carboxylic acids is 3. The third-order valence-electron chi connectivity index (χ3n) is 11.9. The largest absolute Gasteiger partial charge is 0.462 e. The molecule has 0 radical (unpaired) electrons. The summed E-state index contributed by atoms with van der Waals surface area (Å²) in [6.07, 6.45) is 8.42. The van der Waals surface area contributed by atoms with E-state index in [1.165, 1.54) is 25.3 Å². The Morgan fingerprint density at radius 2 is 1.67 bits per heavy atom. The molecule has 0 bridgehead atoms. The lowest BCUT2D eigenvalue weighted by Crippen LogP contribution is -2.56. The number of carbonyl (C=O) groups is 3. The molecule has 5 aliphatic rings. The van der Waals surface area contributed by atoms with Crippen LogP contribution in [0.25, 0.3) is 0 Å². The number of likely N-dealkylation sites (N-methyl/N-ethyl adjacent to an activating group) is 1. The van der Waals surface area contributed by atoms with Crippen molar-refractivity contribution < 1.29 is 19.1 Å². The SMILES string of the molecule is C=C1[C@@H](N(C)C(C)=O)CC[C@]23C[C@]24CC[C@]2(C)[C@@H](C(C)=O)[C@H](OC(C)=O)C[C@@]2(C)[C@@H]4CC[C@@H]13. The number of ether oxygens (including phenoxy) is 1. The van der Waals surface area contributed by atoms with E-state index < -0.39 is 0 Å². The van der Waals surface area contributed by atoms with Gasteiger partial charge in [-0.2, -0.15) is 0 Å². The van der Waals surface area contributed by atoms with Crippen molar-refractivity contribution in [3.8, 4) is 0 Å². The van der Waals surface area contributed by atoms with Crippen LogP contribution in [0.4, 0.5) is 0 Å². The van der Waals surface area contributed by atoms with Crippen LogP contribution in [0, 0.1) is 39.4 Å². The van der Waals surface area contributed by atoms with Gasteiger partial charge in [-0.15, -0.1) is 0 Å². The van der Waals surface area contributed by atoms with Gasteiger partial charge >= 0.3 is 5.97 Å². The molecule has 5 saturated carbocycles. The first-order chi connectivity index (χ1) is 15.3. The predicted molar refractivity (Wildman–Crippen MR) is 126 cm³/mol. The van der Waals surface area contributed by atoms with Crippen LogP contribution in [0.3, 0.4) is 0 Å². The van der Waals surface area contributed by atoms with Gasteiger partial charge in [0.25, 0.3) is 0 Å². The van der Waals surface area contributed by atoms with Crippen molar-refractivity contribution in [2.24, 2.45) is 39.4 Å². The highest BCUT2D eigenvalue weighted by Crippen LogP contribution is 2.88. The molecule has 0 saturated heterocycles. The van der Waals surface area contributed by atoms with Crippen molar-refractivity contribution in [3.63, 3.8) is 0 Å². The van der Waals surface area contributed by atoms with Gasteiger partial charge in [0.15, 0.2) is 0 Å². The van der Waals surface area contributed by atoms with Gasteiger partial charge in [0.05, 0.1) is 12.0 Å². The molecular formula is C28H41NO4. The van der Waals surface area contributed by atoms with Gasteiger partial charge in [-0.1, -0.05) is 26.0 Å². The lowest BCUT2D eigenvalue weighted by Gasteiger charge is -2.61. The molecule has 0 aliphatic heterocycles. The topological polar surface area (TPSA) is 63.7 Å². The number of ketones is 1. The highest BCUT2D eigenvalue weighted by molar-refractivity contribution is 5.81. The summed E-state index contributed by atoms with van der Waals surface area (Å²) >= 11 is 0. The number of hydrogen-bond acceptors (Lipinski definition) is 4. The number of amides is 1.